The van der Waals surface area contributed by atoms with Crippen molar-refractivity contribution in [3.8, 4) is 11.4 Å². The number of para-hydroxylation sites is 2. The summed E-state index contributed by atoms with van der Waals surface area (Å²) in [6.07, 6.45) is 0. The fraction of sp³-hybridized carbons (Fsp3) is 0.211. The Kier molecular flexibility index (Phi) is 5.28. The third-order valence-corrected chi connectivity index (χ3v) is 4.01. The van der Waals surface area contributed by atoms with Crippen molar-refractivity contribution >= 4 is 5.91 Å². The third-order valence-electron chi connectivity index (χ3n) is 4.01. The topological polar surface area (TPSA) is 89.3 Å². The highest BCUT2D eigenvalue weighted by molar-refractivity contribution is 5.93. The second-order valence-electron chi connectivity index (χ2n) is 5.72. The molecular formula is C19H20N4O3. The Morgan fingerprint density at radius 2 is 1.88 bits per heavy atom. The largest absolute Gasteiger partial charge is 0.496 e. The number of aliphatic hydroxyl groups is 1. The lowest BCUT2D eigenvalue weighted by molar-refractivity contribution is 0.0942. The molecule has 1 aromatic heterocycles. The van der Waals surface area contributed by atoms with E-state index in [2.05, 4.69) is 15.5 Å². The van der Waals surface area contributed by atoms with Crippen molar-refractivity contribution in [2.45, 2.75) is 20.1 Å². The summed E-state index contributed by atoms with van der Waals surface area (Å²) in [6.45, 7) is 1.84. The number of aromatic nitrogens is 3. The Hall–Kier alpha value is -3.19. The Balaban J connectivity index is 1.82. The predicted octanol–water partition coefficient (Wildman–Crippen LogP) is 2.01. The number of carbonyl (C=O) groups is 1. The number of hydrogen-bond donors (Lipinski definition) is 2. The highest BCUT2D eigenvalue weighted by atomic mass is 16.5. The van der Waals surface area contributed by atoms with Crippen LogP contribution in [0, 0.1) is 6.92 Å². The molecule has 1 amide bonds. The van der Waals surface area contributed by atoms with Crippen LogP contribution in [-0.2, 0) is 13.2 Å². The monoisotopic (exact) mass is 352 g/mol. The van der Waals surface area contributed by atoms with Gasteiger partial charge in [-0.05, 0) is 24.6 Å². The molecule has 134 valence electrons. The van der Waals surface area contributed by atoms with Crippen molar-refractivity contribution in [3.05, 3.63) is 71.0 Å². The van der Waals surface area contributed by atoms with Crippen LogP contribution in [0.2, 0.25) is 0 Å². The SMILES string of the molecule is COc1ccccc1CNC(=O)c1nn(-c2ccccc2C)nc1CO. The summed E-state index contributed by atoms with van der Waals surface area (Å²) in [5.74, 6) is 0.290. The molecule has 0 atom stereocenters. The smallest absolute Gasteiger partial charge is 0.274 e. The Morgan fingerprint density at radius 1 is 1.15 bits per heavy atom. The number of methoxy groups -OCH3 is 1. The van der Waals surface area contributed by atoms with E-state index in [4.69, 9.17) is 4.74 Å². The molecule has 0 aliphatic heterocycles. The maximum atomic E-state index is 12.5. The summed E-state index contributed by atoms with van der Waals surface area (Å²) in [7, 11) is 1.58. The summed E-state index contributed by atoms with van der Waals surface area (Å²) < 4.78 is 5.28. The lowest BCUT2D eigenvalue weighted by Gasteiger charge is -2.08. The summed E-state index contributed by atoms with van der Waals surface area (Å²) in [5, 5.41) is 20.9. The number of amides is 1. The average Bonchev–Trinajstić information content (AvgIpc) is 3.11. The summed E-state index contributed by atoms with van der Waals surface area (Å²) in [6, 6.07) is 15.0. The van der Waals surface area contributed by atoms with E-state index in [9.17, 15) is 9.90 Å². The zero-order valence-corrected chi connectivity index (χ0v) is 14.6. The molecule has 0 saturated carbocycles. The van der Waals surface area contributed by atoms with E-state index >= 15 is 0 Å². The standard InChI is InChI=1S/C19H20N4O3/c1-13-7-3-5-9-16(13)23-21-15(12-24)18(22-23)19(25)20-11-14-8-4-6-10-17(14)26-2/h3-10,24H,11-12H2,1-2H3,(H,20,25). The van der Waals surface area contributed by atoms with E-state index in [0.717, 1.165) is 16.8 Å². The molecule has 0 spiro atoms. The fourth-order valence-corrected chi connectivity index (χ4v) is 2.62. The molecule has 0 fully saturated rings. The molecule has 26 heavy (non-hydrogen) atoms. The van der Waals surface area contributed by atoms with Crippen LogP contribution < -0.4 is 10.1 Å². The van der Waals surface area contributed by atoms with Gasteiger partial charge >= 0.3 is 0 Å². The highest BCUT2D eigenvalue weighted by Crippen LogP contribution is 2.17. The third kappa shape index (κ3) is 3.57. The number of rotatable bonds is 6. The minimum atomic E-state index is -0.403. The van der Waals surface area contributed by atoms with Gasteiger partial charge in [-0.3, -0.25) is 4.79 Å². The molecule has 7 heteroatoms. The van der Waals surface area contributed by atoms with Crippen LogP contribution in [0.4, 0.5) is 0 Å². The van der Waals surface area contributed by atoms with Crippen LogP contribution in [0.25, 0.3) is 5.69 Å². The minimum Gasteiger partial charge on any atom is -0.496 e. The number of hydrogen-bond acceptors (Lipinski definition) is 5. The van der Waals surface area contributed by atoms with E-state index in [1.165, 1.54) is 4.80 Å². The van der Waals surface area contributed by atoms with Gasteiger partial charge in [0.05, 0.1) is 19.4 Å². The van der Waals surface area contributed by atoms with Crippen molar-refractivity contribution in [1.29, 1.82) is 0 Å². The van der Waals surface area contributed by atoms with Crippen LogP contribution >= 0.6 is 0 Å². The molecule has 0 unspecified atom stereocenters. The first-order chi connectivity index (χ1) is 12.6. The molecule has 3 rings (SSSR count). The van der Waals surface area contributed by atoms with Crippen molar-refractivity contribution < 1.29 is 14.6 Å². The van der Waals surface area contributed by atoms with Gasteiger partial charge < -0.3 is 15.2 Å². The molecule has 2 N–H and O–H groups in total. The van der Waals surface area contributed by atoms with Crippen molar-refractivity contribution in [2.75, 3.05) is 7.11 Å². The normalized spacial score (nSPS) is 10.6. The zero-order valence-electron chi connectivity index (χ0n) is 14.6. The maximum absolute atomic E-state index is 12.5. The Labute approximate surface area is 151 Å². The lowest BCUT2D eigenvalue weighted by Crippen LogP contribution is -2.24. The first-order valence-electron chi connectivity index (χ1n) is 8.17. The molecule has 0 bridgehead atoms. The van der Waals surface area contributed by atoms with Gasteiger partial charge in [0.15, 0.2) is 5.69 Å². The predicted molar refractivity (Wildman–Crippen MR) is 96.2 cm³/mol. The van der Waals surface area contributed by atoms with E-state index in [1.54, 1.807) is 7.11 Å². The van der Waals surface area contributed by atoms with Crippen LogP contribution in [0.3, 0.4) is 0 Å². The van der Waals surface area contributed by atoms with Crippen molar-refractivity contribution in [3.63, 3.8) is 0 Å². The number of carbonyl (C=O) groups excluding carboxylic acids is 1. The molecule has 0 saturated heterocycles. The first-order valence-corrected chi connectivity index (χ1v) is 8.17. The number of nitrogens with zero attached hydrogens (tertiary/aromatic N) is 3. The van der Waals surface area contributed by atoms with Crippen LogP contribution in [0.1, 0.15) is 27.3 Å². The highest BCUT2D eigenvalue weighted by Gasteiger charge is 2.19. The Morgan fingerprint density at radius 3 is 2.62 bits per heavy atom. The number of benzene rings is 2. The summed E-state index contributed by atoms with van der Waals surface area (Å²) in [5.41, 5.74) is 2.90. The van der Waals surface area contributed by atoms with E-state index < -0.39 is 5.91 Å². The lowest BCUT2D eigenvalue weighted by atomic mass is 10.2. The molecular weight excluding hydrogens is 332 g/mol. The number of aryl methyl sites for hydroxylation is 1. The molecule has 0 radical (unpaired) electrons. The van der Waals surface area contributed by atoms with Gasteiger partial charge in [-0.1, -0.05) is 36.4 Å². The molecule has 3 aromatic rings. The number of nitrogens with one attached hydrogen (secondary N) is 1. The van der Waals surface area contributed by atoms with Crippen molar-refractivity contribution in [2.24, 2.45) is 0 Å². The second kappa shape index (κ2) is 7.79. The van der Waals surface area contributed by atoms with Gasteiger partial charge in [0.1, 0.15) is 11.4 Å². The van der Waals surface area contributed by atoms with Crippen LogP contribution in [0.15, 0.2) is 48.5 Å². The van der Waals surface area contributed by atoms with E-state index in [0.29, 0.717) is 5.75 Å². The number of ether oxygens (including phenoxy) is 1. The summed E-state index contributed by atoms with van der Waals surface area (Å²) in [4.78, 5) is 13.9. The van der Waals surface area contributed by atoms with Crippen LogP contribution in [0.5, 0.6) is 5.75 Å². The molecule has 2 aromatic carbocycles. The van der Waals surface area contributed by atoms with Gasteiger partial charge in [0, 0.05) is 12.1 Å². The molecule has 0 aliphatic rings. The van der Waals surface area contributed by atoms with Crippen LogP contribution in [-0.4, -0.2) is 33.1 Å². The van der Waals surface area contributed by atoms with Gasteiger partial charge in [0.25, 0.3) is 5.91 Å². The Bertz CT molecular complexity index is 921. The quantitative estimate of drug-likeness (QED) is 0.708. The maximum Gasteiger partial charge on any atom is 0.274 e. The number of aliphatic hydroxyl groups excluding tert-OH is 1. The first kappa shape index (κ1) is 17.6. The molecule has 0 aliphatic carbocycles. The van der Waals surface area contributed by atoms with Gasteiger partial charge in [-0.15, -0.1) is 10.2 Å². The molecule has 7 nitrogen and oxygen atoms in total. The fourth-order valence-electron chi connectivity index (χ4n) is 2.62. The van der Waals surface area contributed by atoms with Gasteiger partial charge in [-0.25, -0.2) is 0 Å². The zero-order chi connectivity index (χ0) is 18.5. The molecule has 1 heterocycles. The second-order valence-corrected chi connectivity index (χ2v) is 5.72. The van der Waals surface area contributed by atoms with Gasteiger partial charge in [0.2, 0.25) is 0 Å². The van der Waals surface area contributed by atoms with Gasteiger partial charge in [-0.2, -0.15) is 4.80 Å². The van der Waals surface area contributed by atoms with Crippen molar-refractivity contribution in [1.82, 2.24) is 20.3 Å². The van der Waals surface area contributed by atoms with E-state index in [-0.39, 0.29) is 24.5 Å². The average molecular weight is 352 g/mol. The summed E-state index contributed by atoms with van der Waals surface area (Å²) >= 11 is 0. The van der Waals surface area contributed by atoms with E-state index in [1.807, 2.05) is 55.5 Å². The minimum absolute atomic E-state index is 0.102.